The number of nitrogens with one attached hydrogen (secondary N) is 3. The van der Waals surface area contributed by atoms with E-state index >= 15 is 0 Å². The Bertz CT molecular complexity index is 1410. The quantitative estimate of drug-likeness (QED) is 0.345. The minimum atomic E-state index is -0.527. The number of aromatic nitrogens is 5. The molecule has 3 aromatic rings. The zero-order valence-corrected chi connectivity index (χ0v) is 24.2. The topological polar surface area (TPSA) is 119 Å². The molecule has 1 unspecified atom stereocenters. The van der Waals surface area contributed by atoms with Gasteiger partial charge in [0.2, 0.25) is 0 Å². The number of rotatable bonds is 8. The van der Waals surface area contributed by atoms with Gasteiger partial charge in [0.15, 0.2) is 0 Å². The second-order valence-corrected chi connectivity index (χ2v) is 12.6. The average molecular weight is 602 g/mol. The van der Waals surface area contributed by atoms with Crippen LogP contribution in [0.3, 0.4) is 0 Å². The van der Waals surface area contributed by atoms with Gasteiger partial charge >= 0.3 is 6.03 Å². The Morgan fingerprint density at radius 1 is 1.18 bits per heavy atom. The van der Waals surface area contributed by atoms with Crippen molar-refractivity contribution in [2.45, 2.75) is 72.0 Å². The largest absolute Gasteiger partial charge is 0.350 e. The SMILES string of the molecule is Cc1nn(C(C)(C)C)c(C(=O)NCC2(Cn3cc(CNC(=O)Nc4ccccc4F)nn3)CC23CCC3)c1Br. The number of anilines is 1. The van der Waals surface area contributed by atoms with Crippen LogP contribution in [0.2, 0.25) is 0 Å². The summed E-state index contributed by atoms with van der Waals surface area (Å²) >= 11 is 3.56. The van der Waals surface area contributed by atoms with E-state index < -0.39 is 11.8 Å². The van der Waals surface area contributed by atoms with Crippen LogP contribution in [0, 0.1) is 23.6 Å². The van der Waals surface area contributed by atoms with Crippen LogP contribution in [-0.2, 0) is 18.6 Å². The highest BCUT2D eigenvalue weighted by atomic mass is 79.9. The monoisotopic (exact) mass is 600 g/mol. The van der Waals surface area contributed by atoms with Crippen molar-refractivity contribution in [1.82, 2.24) is 35.4 Å². The molecule has 39 heavy (non-hydrogen) atoms. The van der Waals surface area contributed by atoms with Gasteiger partial charge in [0.25, 0.3) is 5.91 Å². The molecule has 2 saturated carbocycles. The fourth-order valence-electron chi connectivity index (χ4n) is 5.67. The molecule has 0 radical (unpaired) electrons. The zero-order valence-electron chi connectivity index (χ0n) is 22.6. The first-order valence-corrected chi connectivity index (χ1v) is 13.9. The van der Waals surface area contributed by atoms with Crippen LogP contribution in [0.15, 0.2) is 34.9 Å². The number of hydrogen-bond acceptors (Lipinski definition) is 5. The lowest BCUT2D eigenvalue weighted by atomic mass is 9.75. The maximum absolute atomic E-state index is 13.8. The van der Waals surface area contributed by atoms with Crippen LogP contribution >= 0.6 is 15.9 Å². The van der Waals surface area contributed by atoms with Gasteiger partial charge in [-0.1, -0.05) is 23.8 Å². The first-order chi connectivity index (χ1) is 18.4. The standard InChI is InChI=1S/C27H34BrFN8O2/c1-17-21(28)22(37(34-17)25(2,3)4)23(38)31-15-27(14-26(27)10-7-11-26)16-36-13-18(33-35-36)12-30-24(39)32-20-9-6-5-8-19(20)29/h5-6,8-9,13H,7,10-12,14-16H2,1-4H3,(H,31,38)(H2,30,32,39). The Hall–Kier alpha value is -3.28. The van der Waals surface area contributed by atoms with E-state index in [1.165, 1.54) is 18.6 Å². The number of benzene rings is 1. The third-order valence-corrected chi connectivity index (χ3v) is 8.96. The number of carbonyl (C=O) groups excluding carboxylic acids is 2. The summed E-state index contributed by atoms with van der Waals surface area (Å²) in [4.78, 5) is 25.6. The number of para-hydroxylation sites is 1. The molecule has 2 aliphatic carbocycles. The molecule has 208 valence electrons. The number of aryl methyl sites for hydroxylation is 1. The summed E-state index contributed by atoms with van der Waals surface area (Å²) in [7, 11) is 0. The van der Waals surface area contributed by atoms with Crippen molar-refractivity contribution in [2.24, 2.45) is 10.8 Å². The van der Waals surface area contributed by atoms with E-state index in [4.69, 9.17) is 0 Å². The minimum absolute atomic E-state index is 0.102. The summed E-state index contributed by atoms with van der Waals surface area (Å²) in [5.41, 5.74) is 1.79. The van der Waals surface area contributed by atoms with Gasteiger partial charge < -0.3 is 16.0 Å². The van der Waals surface area contributed by atoms with Crippen LogP contribution in [0.5, 0.6) is 0 Å². The molecular weight excluding hydrogens is 567 g/mol. The molecule has 2 fully saturated rings. The maximum Gasteiger partial charge on any atom is 0.319 e. The van der Waals surface area contributed by atoms with Crippen molar-refractivity contribution in [3.63, 3.8) is 0 Å². The van der Waals surface area contributed by atoms with Gasteiger partial charge in [0.05, 0.1) is 40.7 Å². The molecule has 12 heteroatoms. The smallest absolute Gasteiger partial charge is 0.319 e. The second-order valence-electron chi connectivity index (χ2n) is 11.8. The van der Waals surface area contributed by atoms with E-state index in [1.54, 1.807) is 21.5 Å². The van der Waals surface area contributed by atoms with Gasteiger partial charge in [-0.15, -0.1) is 5.10 Å². The molecule has 2 heterocycles. The lowest BCUT2D eigenvalue weighted by molar-refractivity contribution is 0.0904. The lowest BCUT2D eigenvalue weighted by Gasteiger charge is -2.33. The number of hydrogen-bond donors (Lipinski definition) is 3. The van der Waals surface area contributed by atoms with Gasteiger partial charge in [-0.05, 0) is 80.4 Å². The molecule has 5 rings (SSSR count). The van der Waals surface area contributed by atoms with Gasteiger partial charge in [-0.2, -0.15) is 5.10 Å². The summed E-state index contributed by atoms with van der Waals surface area (Å²) in [5.74, 6) is -0.654. The number of nitrogens with zero attached hydrogens (tertiary/aromatic N) is 5. The Balaban J connectivity index is 1.22. The summed E-state index contributed by atoms with van der Waals surface area (Å²) in [6, 6.07) is 5.45. The van der Waals surface area contributed by atoms with Crippen molar-refractivity contribution in [3.8, 4) is 0 Å². The first kappa shape index (κ1) is 27.3. The van der Waals surface area contributed by atoms with Gasteiger partial charge in [0.1, 0.15) is 17.2 Å². The van der Waals surface area contributed by atoms with Gasteiger partial charge in [0, 0.05) is 12.0 Å². The third kappa shape index (κ3) is 5.30. The van der Waals surface area contributed by atoms with Crippen LogP contribution in [-0.4, -0.2) is 43.3 Å². The fraction of sp³-hybridized carbons (Fsp3) is 0.519. The van der Waals surface area contributed by atoms with Crippen LogP contribution in [0.4, 0.5) is 14.9 Å². The molecule has 0 aliphatic heterocycles. The normalized spacial score (nSPS) is 19.4. The lowest BCUT2D eigenvalue weighted by Crippen LogP contribution is -2.39. The maximum atomic E-state index is 13.8. The highest BCUT2D eigenvalue weighted by Crippen LogP contribution is 2.74. The van der Waals surface area contributed by atoms with Crippen LogP contribution in [0.25, 0.3) is 0 Å². The molecule has 10 nitrogen and oxygen atoms in total. The molecule has 2 aliphatic rings. The highest BCUT2D eigenvalue weighted by Gasteiger charge is 2.69. The molecule has 2 aromatic heterocycles. The van der Waals surface area contributed by atoms with Gasteiger partial charge in [-0.3, -0.25) is 14.2 Å². The summed E-state index contributed by atoms with van der Waals surface area (Å²) < 4.78 is 18.1. The molecule has 0 saturated heterocycles. The molecule has 0 bridgehead atoms. The zero-order chi connectivity index (χ0) is 28.0. The van der Waals surface area contributed by atoms with Crippen molar-refractivity contribution >= 4 is 33.6 Å². The van der Waals surface area contributed by atoms with E-state index in [0.717, 1.165) is 25.0 Å². The molecule has 3 N–H and O–H groups in total. The average Bonchev–Trinajstić information content (AvgIpc) is 3.13. The summed E-state index contributed by atoms with van der Waals surface area (Å²) in [6.45, 7) is 9.26. The van der Waals surface area contributed by atoms with E-state index in [1.807, 2.05) is 33.9 Å². The number of urea groups is 1. The van der Waals surface area contributed by atoms with Gasteiger partial charge in [-0.25, -0.2) is 9.18 Å². The predicted molar refractivity (Wildman–Crippen MR) is 148 cm³/mol. The van der Waals surface area contributed by atoms with E-state index in [-0.39, 0.29) is 34.5 Å². The molecular formula is C27H34BrFN8O2. The Morgan fingerprint density at radius 3 is 2.56 bits per heavy atom. The first-order valence-electron chi connectivity index (χ1n) is 13.2. The molecule has 1 aromatic carbocycles. The fourth-order valence-corrected chi connectivity index (χ4v) is 6.10. The molecule has 3 amide bonds. The Labute approximate surface area is 235 Å². The van der Waals surface area contributed by atoms with E-state index in [2.05, 4.69) is 47.3 Å². The Kier molecular flexibility index (Phi) is 7.02. The predicted octanol–water partition coefficient (Wildman–Crippen LogP) is 4.75. The molecule has 1 spiro atoms. The number of halogens is 2. The molecule has 1 atom stereocenters. The summed E-state index contributed by atoms with van der Waals surface area (Å²) in [6.07, 6.45) is 6.32. The van der Waals surface area contributed by atoms with Crippen molar-refractivity contribution in [3.05, 3.63) is 57.8 Å². The summed E-state index contributed by atoms with van der Waals surface area (Å²) in [5, 5.41) is 21.5. The van der Waals surface area contributed by atoms with E-state index in [9.17, 15) is 14.0 Å². The third-order valence-electron chi connectivity index (χ3n) is 8.02. The van der Waals surface area contributed by atoms with Crippen LogP contribution in [0.1, 0.15) is 68.3 Å². The number of amides is 3. The second kappa shape index (κ2) is 10.0. The Morgan fingerprint density at radius 2 is 1.92 bits per heavy atom. The van der Waals surface area contributed by atoms with E-state index in [0.29, 0.717) is 29.0 Å². The highest BCUT2D eigenvalue weighted by molar-refractivity contribution is 9.10. The number of carbonyl (C=O) groups is 2. The van der Waals surface area contributed by atoms with Crippen LogP contribution < -0.4 is 16.0 Å². The van der Waals surface area contributed by atoms with Crippen molar-refractivity contribution in [1.29, 1.82) is 0 Å². The van der Waals surface area contributed by atoms with Crippen molar-refractivity contribution in [2.75, 3.05) is 11.9 Å². The van der Waals surface area contributed by atoms with Crippen molar-refractivity contribution < 1.29 is 14.0 Å². The minimum Gasteiger partial charge on any atom is -0.350 e.